The van der Waals surface area contributed by atoms with Crippen molar-refractivity contribution in [2.75, 3.05) is 7.11 Å². The minimum Gasteiger partial charge on any atom is -0.380 e. The lowest BCUT2D eigenvalue weighted by Gasteiger charge is -2.16. The zero-order chi connectivity index (χ0) is 13.5. The topological polar surface area (TPSA) is 21.3 Å². The third-order valence-electron chi connectivity index (χ3n) is 3.32. The van der Waals surface area contributed by atoms with E-state index in [4.69, 9.17) is 4.74 Å². The highest BCUT2D eigenvalue weighted by molar-refractivity contribution is 5.27. The van der Waals surface area contributed by atoms with Gasteiger partial charge < -0.3 is 10.1 Å². The molecule has 0 bridgehead atoms. The van der Waals surface area contributed by atoms with Gasteiger partial charge in [-0.3, -0.25) is 0 Å². The van der Waals surface area contributed by atoms with Crippen LogP contribution in [0, 0.1) is 0 Å². The lowest BCUT2D eigenvalue weighted by atomic mass is 10.1. The molecule has 1 N–H and O–H groups in total. The smallest absolute Gasteiger partial charge is 0.0716 e. The SMILES string of the molecule is COCc1ccccc1CN[C@H](C)c1ccccc1. The first-order valence-electron chi connectivity index (χ1n) is 6.65. The molecule has 0 aromatic heterocycles. The van der Waals surface area contributed by atoms with E-state index in [1.807, 2.05) is 6.07 Å². The largest absolute Gasteiger partial charge is 0.380 e. The first kappa shape index (κ1) is 13.8. The predicted molar refractivity (Wildman–Crippen MR) is 78.9 cm³/mol. The van der Waals surface area contributed by atoms with E-state index in [-0.39, 0.29) is 0 Å². The Morgan fingerprint density at radius 3 is 2.26 bits per heavy atom. The number of benzene rings is 2. The van der Waals surface area contributed by atoms with Crippen molar-refractivity contribution < 1.29 is 4.74 Å². The van der Waals surface area contributed by atoms with Crippen molar-refractivity contribution in [2.45, 2.75) is 26.1 Å². The monoisotopic (exact) mass is 255 g/mol. The average molecular weight is 255 g/mol. The van der Waals surface area contributed by atoms with Gasteiger partial charge in [-0.25, -0.2) is 0 Å². The summed E-state index contributed by atoms with van der Waals surface area (Å²) in [5.41, 5.74) is 3.86. The fraction of sp³-hybridized carbons (Fsp3) is 0.294. The molecule has 2 heteroatoms. The Bertz CT molecular complexity index is 496. The molecule has 0 aliphatic rings. The normalized spacial score (nSPS) is 12.3. The zero-order valence-corrected chi connectivity index (χ0v) is 11.6. The molecule has 0 spiro atoms. The molecular weight excluding hydrogens is 234 g/mol. The second-order valence-electron chi connectivity index (χ2n) is 4.71. The van der Waals surface area contributed by atoms with Crippen LogP contribution in [0.4, 0.5) is 0 Å². The minimum atomic E-state index is 0.344. The summed E-state index contributed by atoms with van der Waals surface area (Å²) in [5, 5.41) is 3.56. The van der Waals surface area contributed by atoms with Crippen LogP contribution in [-0.2, 0) is 17.9 Å². The van der Waals surface area contributed by atoms with E-state index < -0.39 is 0 Å². The summed E-state index contributed by atoms with van der Waals surface area (Å²) in [5.74, 6) is 0. The van der Waals surface area contributed by atoms with Gasteiger partial charge in [0.15, 0.2) is 0 Å². The Balaban J connectivity index is 1.99. The molecule has 0 aliphatic carbocycles. The summed E-state index contributed by atoms with van der Waals surface area (Å²) >= 11 is 0. The van der Waals surface area contributed by atoms with E-state index in [9.17, 15) is 0 Å². The Morgan fingerprint density at radius 2 is 1.58 bits per heavy atom. The van der Waals surface area contributed by atoms with E-state index >= 15 is 0 Å². The molecule has 0 saturated heterocycles. The molecule has 0 saturated carbocycles. The predicted octanol–water partition coefficient (Wildman–Crippen LogP) is 3.68. The van der Waals surface area contributed by atoms with E-state index in [0.717, 1.165) is 6.54 Å². The third kappa shape index (κ3) is 3.91. The van der Waals surface area contributed by atoms with Crippen LogP contribution in [0.3, 0.4) is 0 Å². The highest BCUT2D eigenvalue weighted by atomic mass is 16.5. The van der Waals surface area contributed by atoms with Crippen LogP contribution in [0.5, 0.6) is 0 Å². The molecule has 0 heterocycles. The summed E-state index contributed by atoms with van der Waals surface area (Å²) in [6.45, 7) is 3.71. The van der Waals surface area contributed by atoms with Crippen molar-refractivity contribution in [1.29, 1.82) is 0 Å². The number of nitrogens with one attached hydrogen (secondary N) is 1. The van der Waals surface area contributed by atoms with Crippen LogP contribution < -0.4 is 5.32 Å². The molecule has 1 atom stereocenters. The molecule has 100 valence electrons. The second-order valence-corrected chi connectivity index (χ2v) is 4.71. The summed E-state index contributed by atoms with van der Waals surface area (Å²) in [4.78, 5) is 0. The van der Waals surface area contributed by atoms with Gasteiger partial charge in [0.05, 0.1) is 6.61 Å². The van der Waals surface area contributed by atoms with Gasteiger partial charge in [0.25, 0.3) is 0 Å². The molecule has 0 amide bonds. The fourth-order valence-electron chi connectivity index (χ4n) is 2.15. The Hall–Kier alpha value is -1.64. The fourth-order valence-corrected chi connectivity index (χ4v) is 2.15. The molecule has 0 unspecified atom stereocenters. The number of hydrogen-bond donors (Lipinski definition) is 1. The molecule has 2 rings (SSSR count). The molecule has 0 aliphatic heterocycles. The van der Waals surface area contributed by atoms with Crippen LogP contribution in [-0.4, -0.2) is 7.11 Å². The molecule has 2 aromatic rings. The van der Waals surface area contributed by atoms with Crippen molar-refractivity contribution >= 4 is 0 Å². The number of hydrogen-bond acceptors (Lipinski definition) is 2. The van der Waals surface area contributed by atoms with Gasteiger partial charge in [-0.15, -0.1) is 0 Å². The molecule has 2 aromatic carbocycles. The van der Waals surface area contributed by atoms with Gasteiger partial charge in [0.1, 0.15) is 0 Å². The Morgan fingerprint density at radius 1 is 0.947 bits per heavy atom. The highest BCUT2D eigenvalue weighted by Gasteiger charge is 2.06. The summed E-state index contributed by atoms with van der Waals surface area (Å²) in [6, 6.07) is 19.2. The standard InChI is InChI=1S/C17H21NO/c1-14(15-8-4-3-5-9-15)18-12-16-10-6-7-11-17(16)13-19-2/h3-11,14,18H,12-13H2,1-2H3/t14-/m1/s1. The van der Waals surface area contributed by atoms with Crippen molar-refractivity contribution in [1.82, 2.24) is 5.32 Å². The van der Waals surface area contributed by atoms with Gasteiger partial charge in [-0.2, -0.15) is 0 Å². The van der Waals surface area contributed by atoms with Gasteiger partial charge in [0, 0.05) is 19.7 Å². The van der Waals surface area contributed by atoms with Crippen LogP contribution >= 0.6 is 0 Å². The van der Waals surface area contributed by atoms with Gasteiger partial charge in [-0.1, -0.05) is 54.6 Å². The maximum absolute atomic E-state index is 5.23. The summed E-state index contributed by atoms with van der Waals surface area (Å²) < 4.78 is 5.23. The van der Waals surface area contributed by atoms with Crippen LogP contribution in [0.1, 0.15) is 29.7 Å². The number of methoxy groups -OCH3 is 1. The highest BCUT2D eigenvalue weighted by Crippen LogP contribution is 2.14. The number of ether oxygens (including phenoxy) is 1. The van der Waals surface area contributed by atoms with Crippen LogP contribution in [0.2, 0.25) is 0 Å². The number of rotatable bonds is 6. The average Bonchev–Trinajstić information content (AvgIpc) is 2.47. The Labute approximate surface area is 115 Å². The van der Waals surface area contributed by atoms with Crippen LogP contribution in [0.25, 0.3) is 0 Å². The van der Waals surface area contributed by atoms with Crippen molar-refractivity contribution in [2.24, 2.45) is 0 Å². The third-order valence-corrected chi connectivity index (χ3v) is 3.32. The lowest BCUT2D eigenvalue weighted by Crippen LogP contribution is -2.19. The quantitative estimate of drug-likeness (QED) is 0.850. The minimum absolute atomic E-state index is 0.344. The van der Waals surface area contributed by atoms with E-state index in [1.165, 1.54) is 16.7 Å². The zero-order valence-electron chi connectivity index (χ0n) is 11.6. The van der Waals surface area contributed by atoms with Crippen molar-refractivity contribution in [3.63, 3.8) is 0 Å². The van der Waals surface area contributed by atoms with E-state index in [0.29, 0.717) is 12.6 Å². The van der Waals surface area contributed by atoms with Gasteiger partial charge in [0.2, 0.25) is 0 Å². The maximum Gasteiger partial charge on any atom is 0.0716 e. The van der Waals surface area contributed by atoms with Crippen LogP contribution in [0.15, 0.2) is 54.6 Å². The van der Waals surface area contributed by atoms with Crippen molar-refractivity contribution in [3.05, 3.63) is 71.3 Å². The van der Waals surface area contributed by atoms with Gasteiger partial charge in [-0.05, 0) is 23.6 Å². The maximum atomic E-state index is 5.23. The molecule has 0 radical (unpaired) electrons. The molecule has 2 nitrogen and oxygen atoms in total. The summed E-state index contributed by atoms with van der Waals surface area (Å²) in [7, 11) is 1.73. The summed E-state index contributed by atoms with van der Waals surface area (Å²) in [6.07, 6.45) is 0. The molecular formula is C17H21NO. The molecule has 19 heavy (non-hydrogen) atoms. The molecule has 0 fully saturated rings. The first-order chi connectivity index (χ1) is 9.31. The van der Waals surface area contributed by atoms with E-state index in [2.05, 4.69) is 60.8 Å². The Kier molecular flexibility index (Phi) is 5.13. The van der Waals surface area contributed by atoms with E-state index in [1.54, 1.807) is 7.11 Å². The lowest BCUT2D eigenvalue weighted by molar-refractivity contribution is 0.184. The second kappa shape index (κ2) is 7.07. The first-order valence-corrected chi connectivity index (χ1v) is 6.65. The van der Waals surface area contributed by atoms with Gasteiger partial charge >= 0.3 is 0 Å². The van der Waals surface area contributed by atoms with Crippen molar-refractivity contribution in [3.8, 4) is 0 Å².